The summed E-state index contributed by atoms with van der Waals surface area (Å²) in [5.74, 6) is -0.128. The van der Waals surface area contributed by atoms with E-state index >= 15 is 0 Å². The van der Waals surface area contributed by atoms with E-state index in [1.165, 1.54) is 23.9 Å². The van der Waals surface area contributed by atoms with Gasteiger partial charge in [0.25, 0.3) is 17.3 Å². The smallest absolute Gasteiger partial charge is 0.295 e. The first-order chi connectivity index (χ1) is 10.7. The Morgan fingerprint density at radius 1 is 1.32 bits per heavy atom. The van der Waals surface area contributed by atoms with Crippen molar-refractivity contribution in [2.45, 2.75) is 0 Å². The summed E-state index contributed by atoms with van der Waals surface area (Å²) in [6, 6.07) is 11.6. The third-order valence-electron chi connectivity index (χ3n) is 2.90. The second kappa shape index (κ2) is 5.60. The van der Waals surface area contributed by atoms with Gasteiger partial charge in [0.15, 0.2) is 0 Å². The number of nitrogens with zero attached hydrogens (tertiary/aromatic N) is 2. The molecule has 0 radical (unpaired) electrons. The van der Waals surface area contributed by atoms with Crippen LogP contribution in [0, 0.1) is 0 Å². The predicted molar refractivity (Wildman–Crippen MR) is 77.4 cm³/mol. The van der Waals surface area contributed by atoms with Crippen LogP contribution in [0.25, 0.3) is 5.69 Å². The van der Waals surface area contributed by atoms with E-state index in [0.29, 0.717) is 5.69 Å². The van der Waals surface area contributed by atoms with Gasteiger partial charge in [0.2, 0.25) is 5.76 Å². The van der Waals surface area contributed by atoms with E-state index in [1.807, 2.05) is 18.2 Å². The summed E-state index contributed by atoms with van der Waals surface area (Å²) in [7, 11) is 1.41. The molecule has 0 fully saturated rings. The molecule has 2 N–H and O–H groups in total. The maximum absolute atomic E-state index is 12.0. The molecule has 22 heavy (non-hydrogen) atoms. The molecule has 1 aromatic carbocycles. The summed E-state index contributed by atoms with van der Waals surface area (Å²) < 4.78 is 11.0. The molecular weight excluding hydrogens is 288 g/mol. The predicted octanol–water partition coefficient (Wildman–Crippen LogP) is 1.41. The molecule has 8 heteroatoms. The monoisotopic (exact) mass is 300 g/mol. The van der Waals surface area contributed by atoms with Crippen LogP contribution in [0.1, 0.15) is 10.6 Å². The van der Waals surface area contributed by atoms with E-state index in [1.54, 1.807) is 12.1 Å². The molecule has 3 aromatic rings. The van der Waals surface area contributed by atoms with Crippen molar-refractivity contribution in [3.05, 3.63) is 58.6 Å². The Kier molecular flexibility index (Phi) is 3.48. The summed E-state index contributed by atoms with van der Waals surface area (Å²) in [5.41, 5.74) is 0.367. The zero-order valence-electron chi connectivity index (χ0n) is 11.6. The summed E-state index contributed by atoms with van der Waals surface area (Å²) in [5, 5.41) is 8.85. The number of aromatic amines is 1. The Labute approximate surface area is 124 Å². The first kappa shape index (κ1) is 13.7. The third kappa shape index (κ3) is 2.62. The number of nitrogens with one attached hydrogen (secondary N) is 2. The maximum atomic E-state index is 12.0. The number of para-hydroxylation sites is 1. The Morgan fingerprint density at radius 3 is 2.77 bits per heavy atom. The average molecular weight is 300 g/mol. The minimum atomic E-state index is -0.544. The van der Waals surface area contributed by atoms with Crippen molar-refractivity contribution in [1.29, 1.82) is 0 Å². The highest BCUT2D eigenvalue weighted by molar-refractivity contribution is 6.01. The molecule has 1 amide bonds. The van der Waals surface area contributed by atoms with Crippen molar-refractivity contribution in [2.75, 3.05) is 12.4 Å². The second-order valence-corrected chi connectivity index (χ2v) is 4.37. The highest BCUT2D eigenvalue weighted by Crippen LogP contribution is 2.12. The van der Waals surface area contributed by atoms with Crippen LogP contribution >= 0.6 is 0 Å². The van der Waals surface area contributed by atoms with E-state index < -0.39 is 5.91 Å². The number of rotatable bonds is 4. The molecule has 0 aliphatic carbocycles. The largest absolute Gasteiger partial charge is 0.479 e. The molecule has 0 aliphatic heterocycles. The van der Waals surface area contributed by atoms with Crippen molar-refractivity contribution < 1.29 is 14.1 Å². The van der Waals surface area contributed by atoms with Gasteiger partial charge in [-0.1, -0.05) is 18.2 Å². The fourth-order valence-electron chi connectivity index (χ4n) is 1.87. The molecule has 2 aromatic heterocycles. The van der Waals surface area contributed by atoms with Gasteiger partial charge >= 0.3 is 0 Å². The van der Waals surface area contributed by atoms with E-state index in [4.69, 9.17) is 9.26 Å². The lowest BCUT2D eigenvalue weighted by Gasteiger charge is -2.01. The van der Waals surface area contributed by atoms with Crippen LogP contribution in [-0.4, -0.2) is 28.0 Å². The lowest BCUT2D eigenvalue weighted by molar-refractivity contribution is 0.0987. The number of carbonyl (C=O) groups excluding carboxylic acids is 1. The number of methoxy groups -OCH3 is 1. The molecule has 8 nitrogen and oxygen atoms in total. The first-order valence-electron chi connectivity index (χ1n) is 6.37. The quantitative estimate of drug-likeness (QED) is 0.758. The van der Waals surface area contributed by atoms with Crippen molar-refractivity contribution in [1.82, 2.24) is 14.9 Å². The molecule has 0 spiro atoms. The fraction of sp³-hybridized carbons (Fsp3) is 0.0714. The van der Waals surface area contributed by atoms with Gasteiger partial charge in [0.05, 0.1) is 18.9 Å². The van der Waals surface area contributed by atoms with Gasteiger partial charge in [-0.05, 0) is 17.3 Å². The Morgan fingerprint density at radius 2 is 2.09 bits per heavy atom. The second-order valence-electron chi connectivity index (χ2n) is 4.37. The van der Waals surface area contributed by atoms with Gasteiger partial charge < -0.3 is 14.6 Å². The number of anilines is 1. The first-order valence-corrected chi connectivity index (χ1v) is 6.37. The number of hydrogen-bond donors (Lipinski definition) is 2. The lowest BCUT2D eigenvalue weighted by atomic mass is 10.3. The van der Waals surface area contributed by atoms with Crippen molar-refractivity contribution >= 4 is 11.7 Å². The van der Waals surface area contributed by atoms with Crippen LogP contribution in [0.15, 0.2) is 51.8 Å². The normalized spacial score (nSPS) is 10.4. The van der Waals surface area contributed by atoms with Crippen LogP contribution in [0.3, 0.4) is 0 Å². The number of carbonyl (C=O) groups is 1. The molecule has 0 bridgehead atoms. The van der Waals surface area contributed by atoms with Crippen LogP contribution in [0.5, 0.6) is 5.88 Å². The molecule has 112 valence electrons. The molecule has 0 saturated heterocycles. The molecule has 0 aliphatic rings. The highest BCUT2D eigenvalue weighted by atomic mass is 16.5. The number of H-pyrrole nitrogens is 1. The molecule has 2 heterocycles. The standard InChI is InChI=1S/C14H12N4O4/c1-21-12-7-10(22-17-12)14(20)15-11-8-13(19)18(16-11)9-5-3-2-4-6-9/h2-8,16H,1H3,(H,15,20). The SMILES string of the molecule is COc1cc(C(=O)Nc2cc(=O)n(-c3ccccc3)[nH]2)on1. The summed E-state index contributed by atoms with van der Waals surface area (Å²) in [6.45, 7) is 0. The Bertz CT molecular complexity index is 847. The minimum Gasteiger partial charge on any atom is -0.479 e. The van der Waals surface area contributed by atoms with Crippen molar-refractivity contribution in [3.8, 4) is 11.6 Å². The van der Waals surface area contributed by atoms with Crippen LogP contribution in [0.2, 0.25) is 0 Å². The van der Waals surface area contributed by atoms with Gasteiger partial charge in [-0.15, -0.1) is 0 Å². The lowest BCUT2D eigenvalue weighted by Crippen LogP contribution is -2.13. The molecule has 0 atom stereocenters. The van der Waals surface area contributed by atoms with Gasteiger partial charge in [-0.25, -0.2) is 4.68 Å². The van der Waals surface area contributed by atoms with Crippen molar-refractivity contribution in [2.24, 2.45) is 0 Å². The topological polar surface area (TPSA) is 102 Å². The van der Waals surface area contributed by atoms with Gasteiger partial charge in [0, 0.05) is 6.07 Å². The molecule has 0 unspecified atom stereocenters. The fourth-order valence-corrected chi connectivity index (χ4v) is 1.87. The number of benzene rings is 1. The van der Waals surface area contributed by atoms with Gasteiger partial charge in [-0.2, -0.15) is 0 Å². The number of amides is 1. The summed E-state index contributed by atoms with van der Waals surface area (Å²) in [4.78, 5) is 23.9. The highest BCUT2D eigenvalue weighted by Gasteiger charge is 2.15. The molecule has 3 rings (SSSR count). The number of hydrogen-bond acceptors (Lipinski definition) is 5. The Hall–Kier alpha value is -3.29. The van der Waals surface area contributed by atoms with Gasteiger partial charge in [0.1, 0.15) is 5.82 Å². The summed E-state index contributed by atoms with van der Waals surface area (Å²) >= 11 is 0. The summed E-state index contributed by atoms with van der Waals surface area (Å²) in [6.07, 6.45) is 0. The third-order valence-corrected chi connectivity index (χ3v) is 2.90. The average Bonchev–Trinajstić information content (AvgIpc) is 3.15. The minimum absolute atomic E-state index is 0.0230. The van der Waals surface area contributed by atoms with E-state index in [0.717, 1.165) is 0 Å². The molecular formula is C14H12N4O4. The van der Waals surface area contributed by atoms with Crippen LogP contribution < -0.4 is 15.6 Å². The number of ether oxygens (including phenoxy) is 1. The Balaban J connectivity index is 1.82. The van der Waals surface area contributed by atoms with E-state index in [2.05, 4.69) is 15.6 Å². The van der Waals surface area contributed by atoms with E-state index in [-0.39, 0.29) is 23.0 Å². The van der Waals surface area contributed by atoms with Crippen molar-refractivity contribution in [3.63, 3.8) is 0 Å². The van der Waals surface area contributed by atoms with E-state index in [9.17, 15) is 9.59 Å². The van der Waals surface area contributed by atoms with Gasteiger partial charge in [-0.3, -0.25) is 14.7 Å². The van der Waals surface area contributed by atoms with Crippen LogP contribution in [-0.2, 0) is 0 Å². The number of aromatic nitrogens is 3. The zero-order valence-corrected chi connectivity index (χ0v) is 11.6. The maximum Gasteiger partial charge on any atom is 0.295 e. The zero-order chi connectivity index (χ0) is 15.5. The van der Waals surface area contributed by atoms with Crippen LogP contribution in [0.4, 0.5) is 5.82 Å². The molecule has 0 saturated carbocycles.